The van der Waals surface area contributed by atoms with Crippen molar-refractivity contribution in [1.82, 2.24) is 0 Å². The molecular weight excluding hydrogens is 204 g/mol. The Hall–Kier alpha value is 0.530. The van der Waals surface area contributed by atoms with E-state index in [-0.39, 0.29) is 0 Å². The summed E-state index contributed by atoms with van der Waals surface area (Å²) >= 11 is 9.16. The first-order valence-electron chi connectivity index (χ1n) is 2.16. The van der Waals surface area contributed by atoms with Crippen molar-refractivity contribution < 1.29 is 0 Å². The molecule has 1 rings (SSSR count). The predicted molar refractivity (Wildman–Crippen MR) is 44.7 cm³/mol. The molecule has 0 aliphatic heterocycles. The standard InChI is InChI=1S/C5H5BrS2/c6-5-1-4(2-7)3-8-5/h1,3,7H,2H2. The number of halogens is 1. The normalized spacial score (nSPS) is 9.75. The van der Waals surface area contributed by atoms with E-state index < -0.39 is 0 Å². The van der Waals surface area contributed by atoms with E-state index >= 15 is 0 Å². The third-order valence-corrected chi connectivity index (χ3v) is 2.72. The van der Waals surface area contributed by atoms with Crippen LogP contribution in [0.15, 0.2) is 15.2 Å². The van der Waals surface area contributed by atoms with Gasteiger partial charge in [0.1, 0.15) is 0 Å². The lowest BCUT2D eigenvalue weighted by molar-refractivity contribution is 1.49. The largest absolute Gasteiger partial charge is 0.175 e. The third-order valence-electron chi connectivity index (χ3n) is 0.804. The molecule has 0 saturated carbocycles. The van der Waals surface area contributed by atoms with E-state index in [1.807, 2.05) is 0 Å². The molecule has 1 aromatic rings. The molecule has 0 spiro atoms. The van der Waals surface area contributed by atoms with E-state index in [0.717, 1.165) is 5.75 Å². The molecule has 0 amide bonds. The summed E-state index contributed by atoms with van der Waals surface area (Å²) < 4.78 is 1.18. The van der Waals surface area contributed by atoms with Crippen molar-refractivity contribution in [2.75, 3.05) is 0 Å². The Morgan fingerprint density at radius 1 is 1.75 bits per heavy atom. The van der Waals surface area contributed by atoms with Gasteiger partial charge in [-0.3, -0.25) is 0 Å². The van der Waals surface area contributed by atoms with Gasteiger partial charge >= 0.3 is 0 Å². The zero-order valence-corrected chi connectivity index (χ0v) is 7.39. The lowest BCUT2D eigenvalue weighted by Crippen LogP contribution is -1.63. The summed E-state index contributed by atoms with van der Waals surface area (Å²) in [5.74, 6) is 0.835. The minimum atomic E-state index is 0.835. The maximum Gasteiger partial charge on any atom is 0.0701 e. The maximum atomic E-state index is 4.11. The molecular formula is C5H5BrS2. The highest BCUT2D eigenvalue weighted by Crippen LogP contribution is 2.21. The van der Waals surface area contributed by atoms with Crippen molar-refractivity contribution >= 4 is 39.9 Å². The lowest BCUT2D eigenvalue weighted by atomic mass is 10.4. The maximum absolute atomic E-state index is 4.11. The second kappa shape index (κ2) is 2.90. The van der Waals surface area contributed by atoms with Crippen LogP contribution in [0.2, 0.25) is 0 Å². The average Bonchev–Trinajstić information content (AvgIpc) is 2.14. The first-order valence-corrected chi connectivity index (χ1v) is 4.47. The van der Waals surface area contributed by atoms with Crippen LogP contribution in [0.1, 0.15) is 5.56 Å². The Morgan fingerprint density at radius 3 is 2.75 bits per heavy atom. The molecule has 0 N–H and O–H groups in total. The van der Waals surface area contributed by atoms with Crippen LogP contribution < -0.4 is 0 Å². The minimum Gasteiger partial charge on any atom is -0.175 e. The molecule has 44 valence electrons. The summed E-state index contributed by atoms with van der Waals surface area (Å²) in [6, 6.07) is 2.08. The van der Waals surface area contributed by atoms with Gasteiger partial charge in [-0.05, 0) is 32.9 Å². The van der Waals surface area contributed by atoms with Crippen LogP contribution in [0, 0.1) is 0 Å². The first kappa shape index (κ1) is 6.65. The van der Waals surface area contributed by atoms with Gasteiger partial charge in [-0.15, -0.1) is 11.3 Å². The fraction of sp³-hybridized carbons (Fsp3) is 0.200. The fourth-order valence-electron chi connectivity index (χ4n) is 0.429. The van der Waals surface area contributed by atoms with Crippen LogP contribution in [0.4, 0.5) is 0 Å². The molecule has 0 saturated heterocycles. The van der Waals surface area contributed by atoms with Crippen molar-refractivity contribution in [2.45, 2.75) is 5.75 Å². The summed E-state index contributed by atoms with van der Waals surface area (Å²) in [6.45, 7) is 0. The molecule has 8 heavy (non-hydrogen) atoms. The molecule has 0 bridgehead atoms. The van der Waals surface area contributed by atoms with Crippen molar-refractivity contribution in [2.24, 2.45) is 0 Å². The van der Waals surface area contributed by atoms with Crippen molar-refractivity contribution in [3.63, 3.8) is 0 Å². The van der Waals surface area contributed by atoms with Crippen molar-refractivity contribution in [3.05, 3.63) is 20.8 Å². The monoisotopic (exact) mass is 208 g/mol. The number of hydrogen-bond donors (Lipinski definition) is 1. The summed E-state index contributed by atoms with van der Waals surface area (Å²) in [5.41, 5.74) is 1.28. The molecule has 1 heterocycles. The number of hydrogen-bond acceptors (Lipinski definition) is 2. The summed E-state index contributed by atoms with van der Waals surface area (Å²) in [6.07, 6.45) is 0. The molecule has 0 radical (unpaired) electrons. The van der Waals surface area contributed by atoms with Gasteiger partial charge < -0.3 is 0 Å². The van der Waals surface area contributed by atoms with Crippen LogP contribution in [0.3, 0.4) is 0 Å². The van der Waals surface area contributed by atoms with Crippen molar-refractivity contribution in [3.8, 4) is 0 Å². The van der Waals surface area contributed by atoms with E-state index in [1.165, 1.54) is 9.35 Å². The number of rotatable bonds is 1. The van der Waals surface area contributed by atoms with Gasteiger partial charge in [-0.25, -0.2) is 0 Å². The van der Waals surface area contributed by atoms with Gasteiger partial charge in [0.25, 0.3) is 0 Å². The quantitative estimate of drug-likeness (QED) is 0.675. The van der Waals surface area contributed by atoms with Gasteiger partial charge in [-0.1, -0.05) is 0 Å². The predicted octanol–water partition coefficient (Wildman–Crippen LogP) is 2.94. The van der Waals surface area contributed by atoms with Crippen molar-refractivity contribution in [1.29, 1.82) is 0 Å². The number of thiol groups is 1. The van der Waals surface area contributed by atoms with Gasteiger partial charge in [0.05, 0.1) is 3.79 Å². The average molecular weight is 209 g/mol. The molecule has 3 heteroatoms. The Balaban J connectivity index is 2.84. The second-order valence-corrected chi connectivity index (χ2v) is 4.02. The Labute approximate surface area is 66.5 Å². The number of thiophene rings is 1. The Bertz CT molecular complexity index is 171. The Morgan fingerprint density at radius 2 is 2.50 bits per heavy atom. The van der Waals surface area contributed by atoms with Gasteiger partial charge in [0.15, 0.2) is 0 Å². The highest BCUT2D eigenvalue weighted by molar-refractivity contribution is 9.11. The molecule has 0 nitrogen and oxygen atoms in total. The Kier molecular flexibility index (Phi) is 2.41. The minimum absolute atomic E-state index is 0.835. The summed E-state index contributed by atoms with van der Waals surface area (Å²) in [5, 5.41) is 2.09. The molecule has 0 aliphatic rings. The second-order valence-electron chi connectivity index (χ2n) is 1.42. The van der Waals surface area contributed by atoms with Crippen LogP contribution in [0.25, 0.3) is 0 Å². The highest BCUT2D eigenvalue weighted by atomic mass is 79.9. The SMILES string of the molecule is SCc1csc(Br)c1. The van der Waals surface area contributed by atoms with Gasteiger partial charge in [-0.2, -0.15) is 12.6 Å². The third kappa shape index (κ3) is 1.50. The molecule has 0 aliphatic carbocycles. The van der Waals surface area contributed by atoms with E-state index in [9.17, 15) is 0 Å². The molecule has 0 unspecified atom stereocenters. The molecule has 1 aromatic heterocycles. The van der Waals surface area contributed by atoms with Crippen LogP contribution in [-0.2, 0) is 5.75 Å². The van der Waals surface area contributed by atoms with E-state index in [4.69, 9.17) is 0 Å². The van der Waals surface area contributed by atoms with Gasteiger partial charge in [0, 0.05) is 5.75 Å². The van der Waals surface area contributed by atoms with E-state index in [1.54, 1.807) is 11.3 Å². The topological polar surface area (TPSA) is 0 Å². The fourth-order valence-corrected chi connectivity index (χ4v) is 1.94. The van der Waals surface area contributed by atoms with Crippen LogP contribution in [0.5, 0.6) is 0 Å². The zero-order valence-electron chi connectivity index (χ0n) is 4.10. The lowest BCUT2D eigenvalue weighted by Gasteiger charge is -1.79. The molecule has 0 aromatic carbocycles. The van der Waals surface area contributed by atoms with Gasteiger partial charge in [0.2, 0.25) is 0 Å². The summed E-state index contributed by atoms with van der Waals surface area (Å²) in [4.78, 5) is 0. The summed E-state index contributed by atoms with van der Waals surface area (Å²) in [7, 11) is 0. The van der Waals surface area contributed by atoms with E-state index in [0.29, 0.717) is 0 Å². The molecule has 0 fully saturated rings. The highest BCUT2D eigenvalue weighted by Gasteiger charge is 1.91. The first-order chi connectivity index (χ1) is 3.83. The van der Waals surface area contributed by atoms with E-state index in [2.05, 4.69) is 40.0 Å². The molecule has 0 atom stereocenters. The van der Waals surface area contributed by atoms with Crippen LogP contribution in [-0.4, -0.2) is 0 Å². The smallest absolute Gasteiger partial charge is 0.0701 e. The zero-order chi connectivity index (χ0) is 5.98. The van der Waals surface area contributed by atoms with Crippen LogP contribution >= 0.6 is 39.9 Å².